The number of hydrogen-bond acceptors (Lipinski definition) is 3. The molecule has 0 radical (unpaired) electrons. The number of rotatable bonds is 6. The molecule has 0 aromatic heterocycles. The summed E-state index contributed by atoms with van der Waals surface area (Å²) in [5, 5.41) is 6.34. The molecule has 6 nitrogen and oxygen atoms in total. The van der Waals surface area contributed by atoms with Crippen LogP contribution in [0.25, 0.3) is 0 Å². The van der Waals surface area contributed by atoms with Crippen LogP contribution in [0.15, 0.2) is 35.3 Å². The van der Waals surface area contributed by atoms with Gasteiger partial charge in [-0.25, -0.2) is 0 Å². The monoisotopic (exact) mass is 343 g/mol. The van der Waals surface area contributed by atoms with E-state index in [-0.39, 0.29) is 11.8 Å². The van der Waals surface area contributed by atoms with E-state index in [0.717, 1.165) is 58.1 Å². The standard InChI is InChI=1S/C19H29N5O/c1-20-19(22-10-9-21-18(25)17-7-8-17)24-13-11-23(12-14-24)15-16-5-3-2-4-6-16/h2-6,17H,7-15H2,1H3,(H,20,22)(H,21,25). The van der Waals surface area contributed by atoms with E-state index in [9.17, 15) is 4.79 Å². The fraction of sp³-hybridized carbons (Fsp3) is 0.579. The van der Waals surface area contributed by atoms with E-state index < -0.39 is 0 Å². The van der Waals surface area contributed by atoms with Crippen LogP contribution in [0.4, 0.5) is 0 Å². The molecule has 1 aliphatic carbocycles. The Morgan fingerprint density at radius 2 is 1.76 bits per heavy atom. The highest BCUT2D eigenvalue weighted by Crippen LogP contribution is 2.28. The Labute approximate surface area is 150 Å². The number of nitrogens with one attached hydrogen (secondary N) is 2. The quantitative estimate of drug-likeness (QED) is 0.458. The number of amides is 1. The lowest BCUT2D eigenvalue weighted by Crippen LogP contribution is -2.53. The molecule has 1 saturated carbocycles. The summed E-state index contributed by atoms with van der Waals surface area (Å²) < 4.78 is 0. The number of carbonyl (C=O) groups is 1. The van der Waals surface area contributed by atoms with Gasteiger partial charge in [0, 0.05) is 58.8 Å². The maximum Gasteiger partial charge on any atom is 0.223 e. The molecule has 136 valence electrons. The second-order valence-electron chi connectivity index (χ2n) is 6.79. The molecule has 1 saturated heterocycles. The van der Waals surface area contributed by atoms with Gasteiger partial charge in [0.2, 0.25) is 5.91 Å². The normalized spacial score (nSPS) is 18.9. The van der Waals surface area contributed by atoms with Gasteiger partial charge in [-0.3, -0.25) is 14.7 Å². The summed E-state index contributed by atoms with van der Waals surface area (Å²) in [6.07, 6.45) is 2.10. The van der Waals surface area contributed by atoms with Gasteiger partial charge in [0.05, 0.1) is 0 Å². The topological polar surface area (TPSA) is 60.0 Å². The van der Waals surface area contributed by atoms with Crippen molar-refractivity contribution in [3.05, 3.63) is 35.9 Å². The summed E-state index contributed by atoms with van der Waals surface area (Å²) in [6.45, 7) is 6.40. The van der Waals surface area contributed by atoms with E-state index in [1.165, 1.54) is 5.56 Å². The van der Waals surface area contributed by atoms with Crippen LogP contribution in [0.3, 0.4) is 0 Å². The maximum atomic E-state index is 11.6. The van der Waals surface area contributed by atoms with E-state index in [2.05, 4.69) is 55.8 Å². The summed E-state index contributed by atoms with van der Waals surface area (Å²) in [7, 11) is 1.82. The number of guanidine groups is 1. The van der Waals surface area contributed by atoms with Crippen LogP contribution in [0.5, 0.6) is 0 Å². The van der Waals surface area contributed by atoms with Crippen LogP contribution in [0.1, 0.15) is 18.4 Å². The summed E-state index contributed by atoms with van der Waals surface area (Å²) in [4.78, 5) is 20.8. The fourth-order valence-corrected chi connectivity index (χ4v) is 3.14. The van der Waals surface area contributed by atoms with Gasteiger partial charge in [0.1, 0.15) is 0 Å². The molecule has 2 aliphatic rings. The smallest absolute Gasteiger partial charge is 0.223 e. The molecule has 0 atom stereocenters. The van der Waals surface area contributed by atoms with Crippen molar-refractivity contribution in [3.63, 3.8) is 0 Å². The van der Waals surface area contributed by atoms with Crippen molar-refractivity contribution >= 4 is 11.9 Å². The molecule has 2 fully saturated rings. The molecule has 1 aliphatic heterocycles. The zero-order valence-corrected chi connectivity index (χ0v) is 15.1. The highest BCUT2D eigenvalue weighted by Gasteiger charge is 2.29. The summed E-state index contributed by atoms with van der Waals surface area (Å²) >= 11 is 0. The second-order valence-corrected chi connectivity index (χ2v) is 6.79. The Morgan fingerprint density at radius 3 is 2.40 bits per heavy atom. The minimum absolute atomic E-state index is 0.200. The highest BCUT2D eigenvalue weighted by atomic mass is 16.2. The highest BCUT2D eigenvalue weighted by molar-refractivity contribution is 5.81. The number of aliphatic imine (C=N–C) groups is 1. The Kier molecular flexibility index (Phi) is 6.28. The van der Waals surface area contributed by atoms with Crippen molar-refractivity contribution in [1.82, 2.24) is 20.4 Å². The zero-order valence-electron chi connectivity index (χ0n) is 15.1. The van der Waals surface area contributed by atoms with Gasteiger partial charge in [0.15, 0.2) is 5.96 Å². The number of piperazine rings is 1. The van der Waals surface area contributed by atoms with E-state index in [4.69, 9.17) is 0 Å². The van der Waals surface area contributed by atoms with Crippen LogP contribution in [0, 0.1) is 5.92 Å². The molecular weight excluding hydrogens is 314 g/mol. The lowest BCUT2D eigenvalue weighted by Gasteiger charge is -2.36. The Balaban J connectivity index is 1.36. The van der Waals surface area contributed by atoms with E-state index >= 15 is 0 Å². The lowest BCUT2D eigenvalue weighted by atomic mass is 10.2. The van der Waals surface area contributed by atoms with Crippen molar-refractivity contribution in [2.75, 3.05) is 46.3 Å². The number of hydrogen-bond donors (Lipinski definition) is 2. The molecule has 0 unspecified atom stereocenters. The van der Waals surface area contributed by atoms with Crippen molar-refractivity contribution < 1.29 is 4.79 Å². The summed E-state index contributed by atoms with van der Waals surface area (Å²) in [5.41, 5.74) is 1.37. The average Bonchev–Trinajstić information content (AvgIpc) is 3.49. The van der Waals surface area contributed by atoms with Gasteiger partial charge < -0.3 is 15.5 Å². The van der Waals surface area contributed by atoms with Gasteiger partial charge in [0.25, 0.3) is 0 Å². The first-order valence-electron chi connectivity index (χ1n) is 9.26. The summed E-state index contributed by atoms with van der Waals surface area (Å²) in [5.74, 6) is 1.41. The third-order valence-electron chi connectivity index (χ3n) is 4.79. The first kappa shape index (κ1) is 17.7. The first-order chi connectivity index (χ1) is 12.3. The largest absolute Gasteiger partial charge is 0.354 e. The minimum Gasteiger partial charge on any atom is -0.354 e. The Hall–Kier alpha value is -2.08. The van der Waals surface area contributed by atoms with Gasteiger partial charge in [-0.15, -0.1) is 0 Å². The van der Waals surface area contributed by atoms with Crippen molar-refractivity contribution in [1.29, 1.82) is 0 Å². The van der Waals surface area contributed by atoms with Gasteiger partial charge >= 0.3 is 0 Å². The van der Waals surface area contributed by atoms with Crippen molar-refractivity contribution in [2.24, 2.45) is 10.9 Å². The van der Waals surface area contributed by atoms with Crippen molar-refractivity contribution in [2.45, 2.75) is 19.4 Å². The van der Waals surface area contributed by atoms with Gasteiger partial charge in [-0.2, -0.15) is 0 Å². The van der Waals surface area contributed by atoms with Crippen LogP contribution in [-0.4, -0.2) is 68.0 Å². The Bertz CT molecular complexity index is 577. The summed E-state index contributed by atoms with van der Waals surface area (Å²) in [6, 6.07) is 10.6. The molecule has 6 heteroatoms. The van der Waals surface area contributed by atoms with E-state index in [0.29, 0.717) is 6.54 Å². The van der Waals surface area contributed by atoms with E-state index in [1.54, 1.807) is 0 Å². The molecule has 1 heterocycles. The first-order valence-corrected chi connectivity index (χ1v) is 9.26. The SMILES string of the molecule is CN=C(NCCNC(=O)C1CC1)N1CCN(Cc2ccccc2)CC1. The molecule has 0 bridgehead atoms. The molecule has 1 aromatic rings. The van der Waals surface area contributed by atoms with Gasteiger partial charge in [-0.1, -0.05) is 30.3 Å². The second kappa shape index (κ2) is 8.85. The third-order valence-corrected chi connectivity index (χ3v) is 4.79. The predicted octanol–water partition coefficient (Wildman–Crippen LogP) is 0.906. The molecule has 2 N–H and O–H groups in total. The van der Waals surface area contributed by atoms with Crippen LogP contribution in [0.2, 0.25) is 0 Å². The number of benzene rings is 1. The van der Waals surface area contributed by atoms with Crippen LogP contribution >= 0.6 is 0 Å². The van der Waals surface area contributed by atoms with E-state index in [1.807, 2.05) is 7.05 Å². The minimum atomic E-state index is 0.200. The Morgan fingerprint density at radius 1 is 1.08 bits per heavy atom. The van der Waals surface area contributed by atoms with Crippen LogP contribution in [-0.2, 0) is 11.3 Å². The fourth-order valence-electron chi connectivity index (χ4n) is 3.14. The maximum absolute atomic E-state index is 11.6. The molecule has 0 spiro atoms. The number of carbonyl (C=O) groups excluding carboxylic acids is 1. The zero-order chi connectivity index (χ0) is 17.5. The van der Waals surface area contributed by atoms with Crippen LogP contribution < -0.4 is 10.6 Å². The molecule has 25 heavy (non-hydrogen) atoms. The third kappa shape index (κ3) is 5.46. The lowest BCUT2D eigenvalue weighted by molar-refractivity contribution is -0.122. The molecular formula is C19H29N5O. The predicted molar refractivity (Wildman–Crippen MR) is 100 cm³/mol. The van der Waals surface area contributed by atoms with Crippen molar-refractivity contribution in [3.8, 4) is 0 Å². The molecule has 1 amide bonds. The molecule has 1 aromatic carbocycles. The average molecular weight is 343 g/mol. The molecule has 3 rings (SSSR count). The van der Waals surface area contributed by atoms with Gasteiger partial charge in [-0.05, 0) is 18.4 Å². The number of nitrogens with zero attached hydrogens (tertiary/aromatic N) is 3.